The average Bonchev–Trinajstić information content (AvgIpc) is 3.04. The molecule has 5 nitrogen and oxygen atoms in total. The van der Waals surface area contributed by atoms with E-state index in [4.69, 9.17) is 0 Å². The predicted molar refractivity (Wildman–Crippen MR) is 78.7 cm³/mol. The molecule has 0 saturated heterocycles. The number of benzene rings is 1. The summed E-state index contributed by atoms with van der Waals surface area (Å²) in [5.74, 6) is -0.104. The van der Waals surface area contributed by atoms with Crippen LogP contribution in [0.25, 0.3) is 10.9 Å². The molecule has 6 heteroatoms. The fourth-order valence-electron chi connectivity index (χ4n) is 2.10. The van der Waals surface area contributed by atoms with Crippen LogP contribution < -0.4 is 0 Å². The van der Waals surface area contributed by atoms with Crippen molar-refractivity contribution in [1.29, 1.82) is 0 Å². The molecule has 20 heavy (non-hydrogen) atoms. The monoisotopic (exact) mass is 286 g/mol. The molecule has 3 aromatic rings. The van der Waals surface area contributed by atoms with Crippen LogP contribution in [0, 0.1) is 6.92 Å². The summed E-state index contributed by atoms with van der Waals surface area (Å²) in [4.78, 5) is 18.5. The van der Waals surface area contributed by atoms with E-state index in [0.717, 1.165) is 21.6 Å². The van der Waals surface area contributed by atoms with Crippen LogP contribution in [0.4, 0.5) is 0 Å². The summed E-state index contributed by atoms with van der Waals surface area (Å²) in [7, 11) is 1.76. The molecule has 0 aliphatic carbocycles. The molecular formula is C14H14N4OS. The van der Waals surface area contributed by atoms with Gasteiger partial charge in [0.1, 0.15) is 0 Å². The number of para-hydroxylation sites is 1. The third-order valence-corrected chi connectivity index (χ3v) is 3.91. The van der Waals surface area contributed by atoms with E-state index in [2.05, 4.69) is 15.2 Å². The first kappa shape index (κ1) is 12.8. The van der Waals surface area contributed by atoms with Crippen molar-refractivity contribution in [2.45, 2.75) is 13.5 Å². The van der Waals surface area contributed by atoms with Crippen LogP contribution in [0.3, 0.4) is 0 Å². The molecule has 0 atom stereocenters. The van der Waals surface area contributed by atoms with Crippen LogP contribution in [-0.2, 0) is 6.54 Å². The summed E-state index contributed by atoms with van der Waals surface area (Å²) in [6.45, 7) is 2.45. The largest absolute Gasteiger partial charge is 0.334 e. The van der Waals surface area contributed by atoms with Gasteiger partial charge in [-0.15, -0.1) is 11.3 Å². The second kappa shape index (κ2) is 5.05. The maximum absolute atomic E-state index is 12.4. The normalized spacial score (nSPS) is 10.9. The zero-order chi connectivity index (χ0) is 14.1. The highest BCUT2D eigenvalue weighted by Gasteiger charge is 2.18. The zero-order valence-electron chi connectivity index (χ0n) is 11.3. The van der Waals surface area contributed by atoms with E-state index in [0.29, 0.717) is 12.2 Å². The molecule has 0 spiro atoms. The number of hydrogen-bond donors (Lipinski definition) is 1. The van der Waals surface area contributed by atoms with E-state index in [1.165, 1.54) is 0 Å². The number of nitrogens with one attached hydrogen (secondary N) is 1. The third kappa shape index (κ3) is 2.30. The number of carbonyl (C=O) groups is 1. The molecule has 2 aromatic heterocycles. The molecule has 102 valence electrons. The smallest absolute Gasteiger partial charge is 0.275 e. The van der Waals surface area contributed by atoms with Crippen molar-refractivity contribution >= 4 is 28.1 Å². The molecular weight excluding hydrogens is 272 g/mol. The van der Waals surface area contributed by atoms with Crippen molar-refractivity contribution in [2.75, 3.05) is 7.05 Å². The lowest BCUT2D eigenvalue weighted by Gasteiger charge is -2.14. The van der Waals surface area contributed by atoms with Gasteiger partial charge in [0, 0.05) is 17.8 Å². The summed E-state index contributed by atoms with van der Waals surface area (Å²) >= 11 is 1.59. The van der Waals surface area contributed by atoms with Gasteiger partial charge in [0.25, 0.3) is 5.91 Å². The Labute approximate surface area is 120 Å². The van der Waals surface area contributed by atoms with E-state index in [1.807, 2.05) is 36.6 Å². The fraction of sp³-hybridized carbons (Fsp3) is 0.214. The molecule has 0 aliphatic rings. The Hall–Kier alpha value is -2.21. The second-order valence-electron chi connectivity index (χ2n) is 4.64. The van der Waals surface area contributed by atoms with Gasteiger partial charge >= 0.3 is 0 Å². The quantitative estimate of drug-likeness (QED) is 0.805. The van der Waals surface area contributed by atoms with E-state index >= 15 is 0 Å². The van der Waals surface area contributed by atoms with Crippen molar-refractivity contribution in [3.8, 4) is 0 Å². The van der Waals surface area contributed by atoms with Gasteiger partial charge in [-0.3, -0.25) is 9.89 Å². The van der Waals surface area contributed by atoms with Crippen LogP contribution >= 0.6 is 11.3 Å². The van der Waals surface area contributed by atoms with Crippen LogP contribution in [0.1, 0.15) is 21.2 Å². The van der Waals surface area contributed by atoms with Gasteiger partial charge in [-0.25, -0.2) is 4.98 Å². The summed E-state index contributed by atoms with van der Waals surface area (Å²) < 4.78 is 0. The lowest BCUT2D eigenvalue weighted by Crippen LogP contribution is -2.26. The van der Waals surface area contributed by atoms with Crippen LogP contribution in [-0.4, -0.2) is 33.0 Å². The Kier molecular flexibility index (Phi) is 3.23. The Bertz CT molecular complexity index is 761. The molecule has 0 aliphatic heterocycles. The minimum Gasteiger partial charge on any atom is -0.334 e. The van der Waals surface area contributed by atoms with E-state index in [1.54, 1.807) is 23.3 Å². The lowest BCUT2D eigenvalue weighted by atomic mass is 10.2. The third-order valence-electron chi connectivity index (χ3n) is 3.09. The number of fused-ring (bicyclic) bond motifs is 1. The Balaban J connectivity index is 1.84. The number of carbonyl (C=O) groups excluding carboxylic acids is 1. The van der Waals surface area contributed by atoms with Crippen molar-refractivity contribution in [1.82, 2.24) is 20.1 Å². The minimum absolute atomic E-state index is 0.104. The van der Waals surface area contributed by atoms with E-state index in [-0.39, 0.29) is 5.91 Å². The molecule has 2 heterocycles. The molecule has 0 fully saturated rings. The number of aromatic nitrogens is 3. The Morgan fingerprint density at radius 2 is 2.20 bits per heavy atom. The summed E-state index contributed by atoms with van der Waals surface area (Å²) in [6, 6.07) is 7.62. The van der Waals surface area contributed by atoms with Crippen molar-refractivity contribution < 1.29 is 4.79 Å². The number of rotatable bonds is 3. The summed E-state index contributed by atoms with van der Waals surface area (Å²) in [6.07, 6.45) is 0. The number of amides is 1. The molecule has 1 amide bonds. The minimum atomic E-state index is -0.104. The van der Waals surface area contributed by atoms with Crippen molar-refractivity contribution in [3.63, 3.8) is 0 Å². The highest BCUT2D eigenvalue weighted by atomic mass is 32.1. The average molecular weight is 286 g/mol. The Morgan fingerprint density at radius 1 is 1.40 bits per heavy atom. The lowest BCUT2D eigenvalue weighted by molar-refractivity contribution is 0.0779. The van der Waals surface area contributed by atoms with Gasteiger partial charge < -0.3 is 4.90 Å². The standard InChI is InChI=1S/C14H14N4OS/c1-9-15-10(8-20-9)7-18(2)14(19)13-11-5-3-4-6-12(11)16-17-13/h3-6,8H,7H2,1-2H3,(H,16,17). The molecule has 3 rings (SSSR count). The van der Waals surface area contributed by atoms with Gasteiger partial charge in [0.05, 0.1) is 22.8 Å². The number of thiazole rings is 1. The highest BCUT2D eigenvalue weighted by molar-refractivity contribution is 7.09. The van der Waals surface area contributed by atoms with Gasteiger partial charge in [-0.2, -0.15) is 5.10 Å². The first-order chi connectivity index (χ1) is 9.65. The molecule has 0 saturated carbocycles. The van der Waals surface area contributed by atoms with Gasteiger partial charge in [-0.1, -0.05) is 18.2 Å². The molecule has 0 radical (unpaired) electrons. The van der Waals surface area contributed by atoms with Gasteiger partial charge in [-0.05, 0) is 13.0 Å². The number of aromatic amines is 1. The van der Waals surface area contributed by atoms with Crippen LogP contribution in [0.15, 0.2) is 29.6 Å². The highest BCUT2D eigenvalue weighted by Crippen LogP contribution is 2.17. The maximum atomic E-state index is 12.4. The topological polar surface area (TPSA) is 61.9 Å². The van der Waals surface area contributed by atoms with Gasteiger partial charge in [0.15, 0.2) is 5.69 Å². The molecule has 0 bridgehead atoms. The predicted octanol–water partition coefficient (Wildman–Crippen LogP) is 2.60. The number of aryl methyl sites for hydroxylation is 1. The van der Waals surface area contributed by atoms with E-state index in [9.17, 15) is 4.79 Å². The zero-order valence-corrected chi connectivity index (χ0v) is 12.1. The maximum Gasteiger partial charge on any atom is 0.275 e. The fourth-order valence-corrected chi connectivity index (χ4v) is 2.71. The number of nitrogens with zero attached hydrogens (tertiary/aromatic N) is 3. The first-order valence-corrected chi connectivity index (χ1v) is 7.12. The van der Waals surface area contributed by atoms with Gasteiger partial charge in [0.2, 0.25) is 0 Å². The van der Waals surface area contributed by atoms with Crippen molar-refractivity contribution in [3.05, 3.63) is 46.0 Å². The molecule has 0 unspecified atom stereocenters. The first-order valence-electron chi connectivity index (χ1n) is 6.25. The second-order valence-corrected chi connectivity index (χ2v) is 5.70. The van der Waals surface area contributed by atoms with E-state index < -0.39 is 0 Å². The number of H-pyrrole nitrogens is 1. The molecule has 1 N–H and O–H groups in total. The summed E-state index contributed by atoms with van der Waals surface area (Å²) in [5, 5.41) is 10.8. The Morgan fingerprint density at radius 3 is 2.95 bits per heavy atom. The van der Waals surface area contributed by atoms with Crippen LogP contribution in [0.5, 0.6) is 0 Å². The molecule has 1 aromatic carbocycles. The summed E-state index contributed by atoms with van der Waals surface area (Å²) in [5.41, 5.74) is 2.23. The number of hydrogen-bond acceptors (Lipinski definition) is 4. The van der Waals surface area contributed by atoms with Crippen LogP contribution in [0.2, 0.25) is 0 Å². The SMILES string of the molecule is Cc1nc(CN(C)C(=O)c2n[nH]c3ccccc23)cs1. The van der Waals surface area contributed by atoms with Crippen molar-refractivity contribution in [2.24, 2.45) is 0 Å².